The van der Waals surface area contributed by atoms with E-state index in [-0.39, 0.29) is 12.4 Å². The molecule has 0 saturated heterocycles. The van der Waals surface area contributed by atoms with E-state index in [4.69, 9.17) is 16.3 Å². The number of carbonyl (C=O) groups is 2. The van der Waals surface area contributed by atoms with Gasteiger partial charge in [0.1, 0.15) is 0 Å². The molecule has 0 bridgehead atoms. The Balaban J connectivity index is 1.95. The second kappa shape index (κ2) is 7.29. The maximum absolute atomic E-state index is 12.1. The Morgan fingerprint density at radius 3 is 2.57 bits per heavy atom. The Kier molecular flexibility index (Phi) is 5.40. The number of halogens is 1. The van der Waals surface area contributed by atoms with Crippen molar-refractivity contribution in [1.29, 1.82) is 0 Å². The normalized spacial score (nSPS) is 11.0. The number of benzene rings is 1. The van der Waals surface area contributed by atoms with E-state index in [1.165, 1.54) is 6.08 Å². The summed E-state index contributed by atoms with van der Waals surface area (Å²) in [5.74, 6) is -0.797. The van der Waals surface area contributed by atoms with Crippen LogP contribution in [0.3, 0.4) is 0 Å². The minimum Gasteiger partial charge on any atom is -0.454 e. The fraction of sp³-hybridized carbons (Fsp3) is 0.222. The highest BCUT2D eigenvalue weighted by Gasteiger charge is 2.15. The summed E-state index contributed by atoms with van der Waals surface area (Å²) >= 11 is 5.99. The molecular weight excluding hydrogens is 314 g/mol. The van der Waals surface area contributed by atoms with Gasteiger partial charge in [-0.2, -0.15) is 0 Å². The molecule has 0 aliphatic heterocycles. The van der Waals surface area contributed by atoms with Gasteiger partial charge in [-0.15, -0.1) is 0 Å². The maximum Gasteiger partial charge on any atom is 0.331 e. The van der Waals surface area contributed by atoms with Gasteiger partial charge in [0.15, 0.2) is 6.61 Å². The van der Waals surface area contributed by atoms with Crippen LogP contribution in [0.1, 0.15) is 27.3 Å². The molecular formula is C18H18ClNO3. The van der Waals surface area contributed by atoms with Crippen molar-refractivity contribution in [2.75, 3.05) is 6.61 Å². The monoisotopic (exact) mass is 331 g/mol. The molecule has 0 radical (unpaired) electrons. The third-order valence-corrected chi connectivity index (χ3v) is 4.07. The molecule has 0 N–H and O–H groups in total. The molecule has 5 heteroatoms. The zero-order valence-electron chi connectivity index (χ0n) is 13.3. The van der Waals surface area contributed by atoms with E-state index in [0.29, 0.717) is 16.1 Å². The number of aromatic nitrogens is 1. The smallest absolute Gasteiger partial charge is 0.331 e. The molecule has 2 rings (SSSR count). The van der Waals surface area contributed by atoms with Crippen LogP contribution in [0.15, 0.2) is 36.4 Å². The number of aryl methyl sites for hydroxylation is 1. The molecule has 1 aromatic carbocycles. The average Bonchev–Trinajstić information content (AvgIpc) is 2.79. The van der Waals surface area contributed by atoms with Gasteiger partial charge in [-0.25, -0.2) is 4.79 Å². The van der Waals surface area contributed by atoms with Crippen LogP contribution in [0.25, 0.3) is 6.08 Å². The minimum atomic E-state index is -0.580. The average molecular weight is 332 g/mol. The van der Waals surface area contributed by atoms with Crippen LogP contribution in [-0.2, 0) is 16.6 Å². The lowest BCUT2D eigenvalue weighted by Gasteiger charge is -2.03. The van der Waals surface area contributed by atoms with Crippen molar-refractivity contribution in [2.45, 2.75) is 13.8 Å². The summed E-state index contributed by atoms with van der Waals surface area (Å²) in [6.07, 6.45) is 2.82. The fourth-order valence-electron chi connectivity index (χ4n) is 2.17. The SMILES string of the molecule is Cc1cc(C(=O)COC(=O)/C=C/c2ccccc2Cl)c(C)n1C. The molecule has 2 aromatic rings. The molecule has 0 fully saturated rings. The van der Waals surface area contributed by atoms with Crippen molar-refractivity contribution in [1.82, 2.24) is 4.57 Å². The van der Waals surface area contributed by atoms with Gasteiger partial charge in [0.2, 0.25) is 5.78 Å². The van der Waals surface area contributed by atoms with Gasteiger partial charge in [0, 0.05) is 35.1 Å². The van der Waals surface area contributed by atoms with Gasteiger partial charge < -0.3 is 9.30 Å². The predicted octanol–water partition coefficient (Wildman–Crippen LogP) is 3.73. The third kappa shape index (κ3) is 4.11. The summed E-state index contributed by atoms with van der Waals surface area (Å²) in [5.41, 5.74) is 3.13. The van der Waals surface area contributed by atoms with E-state index >= 15 is 0 Å². The Morgan fingerprint density at radius 1 is 1.26 bits per heavy atom. The maximum atomic E-state index is 12.1. The van der Waals surface area contributed by atoms with Crippen molar-refractivity contribution in [2.24, 2.45) is 7.05 Å². The second-order valence-corrected chi connectivity index (χ2v) is 5.64. The zero-order valence-corrected chi connectivity index (χ0v) is 14.1. The van der Waals surface area contributed by atoms with E-state index in [1.807, 2.05) is 31.5 Å². The lowest BCUT2D eigenvalue weighted by molar-refractivity contribution is -0.136. The molecule has 0 saturated carbocycles. The number of rotatable bonds is 5. The van der Waals surface area contributed by atoms with Crippen molar-refractivity contribution >= 4 is 29.4 Å². The van der Waals surface area contributed by atoms with E-state index in [2.05, 4.69) is 0 Å². The molecule has 120 valence electrons. The van der Waals surface area contributed by atoms with Gasteiger partial charge in [0.05, 0.1) is 0 Å². The molecule has 1 heterocycles. The molecule has 0 unspecified atom stereocenters. The summed E-state index contributed by atoms with van der Waals surface area (Å²) < 4.78 is 6.92. The van der Waals surface area contributed by atoms with Gasteiger partial charge in [-0.3, -0.25) is 4.79 Å². The largest absolute Gasteiger partial charge is 0.454 e. The minimum absolute atomic E-state index is 0.217. The first-order valence-corrected chi connectivity index (χ1v) is 7.53. The number of nitrogens with zero attached hydrogens (tertiary/aromatic N) is 1. The van der Waals surface area contributed by atoms with Gasteiger partial charge in [-0.05, 0) is 37.6 Å². The second-order valence-electron chi connectivity index (χ2n) is 5.23. The number of ether oxygens (including phenoxy) is 1. The van der Waals surface area contributed by atoms with Crippen LogP contribution < -0.4 is 0 Å². The summed E-state index contributed by atoms with van der Waals surface area (Å²) in [5, 5.41) is 0.544. The highest BCUT2D eigenvalue weighted by atomic mass is 35.5. The lowest BCUT2D eigenvalue weighted by Crippen LogP contribution is -2.13. The zero-order chi connectivity index (χ0) is 17.0. The fourth-order valence-corrected chi connectivity index (χ4v) is 2.37. The molecule has 0 aliphatic carbocycles. The molecule has 0 atom stereocenters. The van der Waals surface area contributed by atoms with Crippen molar-refractivity contribution in [3.63, 3.8) is 0 Å². The quantitative estimate of drug-likeness (QED) is 0.476. The van der Waals surface area contributed by atoms with Crippen molar-refractivity contribution < 1.29 is 14.3 Å². The van der Waals surface area contributed by atoms with Gasteiger partial charge in [-0.1, -0.05) is 29.8 Å². The number of hydrogen-bond acceptors (Lipinski definition) is 3. The van der Waals surface area contributed by atoms with Crippen LogP contribution >= 0.6 is 11.6 Å². The number of hydrogen-bond donors (Lipinski definition) is 0. The van der Waals surface area contributed by atoms with E-state index in [0.717, 1.165) is 11.4 Å². The topological polar surface area (TPSA) is 48.3 Å². The predicted molar refractivity (Wildman–Crippen MR) is 90.7 cm³/mol. The number of ketones is 1. The van der Waals surface area contributed by atoms with Gasteiger partial charge >= 0.3 is 5.97 Å². The van der Waals surface area contributed by atoms with E-state index < -0.39 is 5.97 Å². The number of carbonyl (C=O) groups excluding carboxylic acids is 2. The standard InChI is InChI=1S/C18H18ClNO3/c1-12-10-15(13(2)20(12)3)17(21)11-23-18(22)9-8-14-6-4-5-7-16(14)19/h4-10H,11H2,1-3H3/b9-8+. The van der Waals surface area contributed by atoms with E-state index in [9.17, 15) is 9.59 Å². The molecule has 23 heavy (non-hydrogen) atoms. The Bertz CT molecular complexity index is 775. The number of esters is 1. The van der Waals surface area contributed by atoms with E-state index in [1.54, 1.807) is 30.3 Å². The van der Waals surface area contributed by atoms with Crippen molar-refractivity contribution in [3.05, 3.63) is 63.9 Å². The van der Waals surface area contributed by atoms with Gasteiger partial charge in [0.25, 0.3) is 0 Å². The first-order chi connectivity index (χ1) is 10.9. The molecule has 4 nitrogen and oxygen atoms in total. The van der Waals surface area contributed by atoms with Crippen LogP contribution in [0.4, 0.5) is 0 Å². The highest BCUT2D eigenvalue weighted by Crippen LogP contribution is 2.16. The first-order valence-electron chi connectivity index (χ1n) is 7.15. The summed E-state index contributed by atoms with van der Waals surface area (Å²) in [6, 6.07) is 8.94. The first kappa shape index (κ1) is 17.0. The summed E-state index contributed by atoms with van der Waals surface area (Å²) in [7, 11) is 1.89. The molecule has 0 spiro atoms. The summed E-state index contributed by atoms with van der Waals surface area (Å²) in [6.45, 7) is 3.50. The third-order valence-electron chi connectivity index (χ3n) is 3.73. The van der Waals surface area contributed by atoms with Crippen LogP contribution in [0.5, 0.6) is 0 Å². The lowest BCUT2D eigenvalue weighted by atomic mass is 10.1. The highest BCUT2D eigenvalue weighted by molar-refractivity contribution is 6.32. The van der Waals surface area contributed by atoms with Crippen molar-refractivity contribution in [3.8, 4) is 0 Å². The van der Waals surface area contributed by atoms with Crippen LogP contribution in [0, 0.1) is 13.8 Å². The molecule has 0 aliphatic rings. The Hall–Kier alpha value is -2.33. The number of Topliss-reactive ketones (excluding diaryl/α,β-unsaturated/α-hetero) is 1. The Morgan fingerprint density at radius 2 is 1.96 bits per heavy atom. The Labute approximate surface area is 140 Å². The summed E-state index contributed by atoms with van der Waals surface area (Å²) in [4.78, 5) is 23.8. The van der Waals surface area contributed by atoms with Crippen LogP contribution in [0.2, 0.25) is 5.02 Å². The molecule has 1 aromatic heterocycles. The molecule has 0 amide bonds. The van der Waals surface area contributed by atoms with Crippen LogP contribution in [-0.4, -0.2) is 22.9 Å².